The Hall–Kier alpha value is -3.92. The summed E-state index contributed by atoms with van der Waals surface area (Å²) < 4.78 is 4.65. The fraction of sp³-hybridized carbons (Fsp3) is 0.250. The fourth-order valence-electron chi connectivity index (χ4n) is 3.94. The SMILES string of the molecule is COC(=O)Nc1ncc(-c2cc(-c3ccc(N4CCCC4)cc3C)nc(-c3cnccn3)n2)s1. The zero-order valence-electron chi connectivity index (χ0n) is 18.9. The third kappa shape index (κ3) is 4.58. The first-order valence-electron chi connectivity index (χ1n) is 10.9. The summed E-state index contributed by atoms with van der Waals surface area (Å²) >= 11 is 1.30. The van der Waals surface area contributed by atoms with Gasteiger partial charge in [0.25, 0.3) is 0 Å². The molecule has 1 saturated heterocycles. The monoisotopic (exact) mass is 473 g/mol. The summed E-state index contributed by atoms with van der Waals surface area (Å²) in [6.07, 6.45) is 8.45. The van der Waals surface area contributed by atoms with Crippen molar-refractivity contribution in [1.29, 1.82) is 0 Å². The lowest BCUT2D eigenvalue weighted by Gasteiger charge is -2.19. The minimum atomic E-state index is -0.571. The number of carbonyl (C=O) groups excluding carboxylic acids is 1. The summed E-state index contributed by atoms with van der Waals surface area (Å²) in [6.45, 7) is 4.30. The van der Waals surface area contributed by atoms with E-state index < -0.39 is 6.09 Å². The maximum absolute atomic E-state index is 11.6. The van der Waals surface area contributed by atoms with Crippen LogP contribution >= 0.6 is 11.3 Å². The van der Waals surface area contributed by atoms with Crippen LogP contribution in [0.2, 0.25) is 0 Å². The third-order valence-electron chi connectivity index (χ3n) is 5.63. The minimum Gasteiger partial charge on any atom is -0.453 e. The highest BCUT2D eigenvalue weighted by Gasteiger charge is 2.17. The van der Waals surface area contributed by atoms with E-state index in [-0.39, 0.29) is 0 Å². The van der Waals surface area contributed by atoms with E-state index in [2.05, 4.69) is 55.0 Å². The number of rotatable bonds is 5. The van der Waals surface area contributed by atoms with Crippen molar-refractivity contribution in [2.24, 2.45) is 0 Å². The number of hydrogen-bond acceptors (Lipinski definition) is 9. The third-order valence-corrected chi connectivity index (χ3v) is 6.56. The first-order valence-corrected chi connectivity index (χ1v) is 11.7. The van der Waals surface area contributed by atoms with Crippen molar-refractivity contribution >= 4 is 28.2 Å². The highest BCUT2D eigenvalue weighted by atomic mass is 32.1. The Morgan fingerprint density at radius 3 is 2.59 bits per heavy atom. The van der Waals surface area contributed by atoms with E-state index in [1.54, 1.807) is 24.8 Å². The predicted molar refractivity (Wildman–Crippen MR) is 132 cm³/mol. The van der Waals surface area contributed by atoms with Crippen molar-refractivity contribution in [3.05, 3.63) is 54.6 Å². The number of benzene rings is 1. The van der Waals surface area contributed by atoms with E-state index in [0.717, 1.165) is 34.8 Å². The molecule has 0 saturated carbocycles. The molecule has 1 aromatic carbocycles. The smallest absolute Gasteiger partial charge is 0.413 e. The van der Waals surface area contributed by atoms with Gasteiger partial charge in [0.05, 0.1) is 29.6 Å². The minimum absolute atomic E-state index is 0.425. The molecule has 0 spiro atoms. The summed E-state index contributed by atoms with van der Waals surface area (Å²) in [5, 5.41) is 3.02. The topological polar surface area (TPSA) is 106 Å². The number of aryl methyl sites for hydroxylation is 1. The zero-order chi connectivity index (χ0) is 23.5. The van der Waals surface area contributed by atoms with Gasteiger partial charge in [0.15, 0.2) is 11.0 Å². The Labute approximate surface area is 200 Å². The van der Waals surface area contributed by atoms with Crippen LogP contribution in [0.5, 0.6) is 0 Å². The van der Waals surface area contributed by atoms with Crippen molar-refractivity contribution in [3.63, 3.8) is 0 Å². The highest BCUT2D eigenvalue weighted by molar-refractivity contribution is 7.19. The van der Waals surface area contributed by atoms with Crippen LogP contribution in [-0.2, 0) is 4.74 Å². The fourth-order valence-corrected chi connectivity index (χ4v) is 4.70. The average Bonchev–Trinajstić information content (AvgIpc) is 3.57. The molecule has 0 bridgehead atoms. The van der Waals surface area contributed by atoms with Crippen molar-refractivity contribution in [2.75, 3.05) is 30.4 Å². The molecule has 3 aromatic heterocycles. The van der Waals surface area contributed by atoms with Gasteiger partial charge in [-0.05, 0) is 43.5 Å². The molecule has 10 heteroatoms. The van der Waals surface area contributed by atoms with E-state index >= 15 is 0 Å². The molecule has 5 rings (SSSR count). The lowest BCUT2D eigenvalue weighted by atomic mass is 10.0. The number of amides is 1. The van der Waals surface area contributed by atoms with Crippen LogP contribution in [0.15, 0.2) is 49.1 Å². The summed E-state index contributed by atoms with van der Waals surface area (Å²) in [5.74, 6) is 0.472. The van der Waals surface area contributed by atoms with Crippen LogP contribution in [0.25, 0.3) is 33.3 Å². The second kappa shape index (κ2) is 9.52. The quantitative estimate of drug-likeness (QED) is 0.440. The number of anilines is 2. The van der Waals surface area contributed by atoms with E-state index in [1.165, 1.54) is 37.0 Å². The Morgan fingerprint density at radius 2 is 1.85 bits per heavy atom. The Balaban J connectivity index is 1.57. The van der Waals surface area contributed by atoms with Gasteiger partial charge in [-0.1, -0.05) is 17.4 Å². The van der Waals surface area contributed by atoms with Gasteiger partial charge in [0.1, 0.15) is 5.69 Å². The van der Waals surface area contributed by atoms with Crippen molar-refractivity contribution in [2.45, 2.75) is 19.8 Å². The van der Waals surface area contributed by atoms with Crippen LogP contribution in [0.4, 0.5) is 15.6 Å². The second-order valence-corrected chi connectivity index (χ2v) is 8.92. The lowest BCUT2D eigenvalue weighted by Crippen LogP contribution is -2.17. The molecule has 34 heavy (non-hydrogen) atoms. The number of aromatic nitrogens is 5. The van der Waals surface area contributed by atoms with Gasteiger partial charge in [0.2, 0.25) is 0 Å². The molecule has 9 nitrogen and oxygen atoms in total. The molecule has 1 aliphatic heterocycles. The molecule has 4 aromatic rings. The molecule has 4 heterocycles. The molecule has 0 radical (unpaired) electrons. The second-order valence-electron chi connectivity index (χ2n) is 7.89. The largest absolute Gasteiger partial charge is 0.453 e. The van der Waals surface area contributed by atoms with Crippen molar-refractivity contribution in [1.82, 2.24) is 24.9 Å². The number of thiazole rings is 1. The summed E-state index contributed by atoms with van der Waals surface area (Å²) in [6, 6.07) is 8.43. The van der Waals surface area contributed by atoms with E-state index in [1.807, 2.05) is 6.07 Å². The molecular weight excluding hydrogens is 450 g/mol. The van der Waals surface area contributed by atoms with Crippen molar-refractivity contribution < 1.29 is 9.53 Å². The van der Waals surface area contributed by atoms with Gasteiger partial charge in [-0.15, -0.1) is 0 Å². The zero-order valence-corrected chi connectivity index (χ0v) is 19.7. The average molecular weight is 474 g/mol. The van der Waals surface area contributed by atoms with Gasteiger partial charge in [-0.3, -0.25) is 10.3 Å². The number of nitrogens with zero attached hydrogens (tertiary/aromatic N) is 6. The molecule has 172 valence electrons. The number of nitrogens with one attached hydrogen (secondary N) is 1. The van der Waals surface area contributed by atoms with Crippen LogP contribution in [-0.4, -0.2) is 51.2 Å². The van der Waals surface area contributed by atoms with Crippen LogP contribution in [0, 0.1) is 6.92 Å². The maximum atomic E-state index is 11.6. The first kappa shape index (κ1) is 21.9. The van der Waals surface area contributed by atoms with Crippen molar-refractivity contribution in [3.8, 4) is 33.3 Å². The highest BCUT2D eigenvalue weighted by Crippen LogP contribution is 2.34. The molecule has 1 N–H and O–H groups in total. The lowest BCUT2D eigenvalue weighted by molar-refractivity contribution is 0.187. The molecular formula is C24H23N7O2S. The van der Waals surface area contributed by atoms with E-state index in [9.17, 15) is 4.79 Å². The molecule has 0 atom stereocenters. The number of methoxy groups -OCH3 is 1. The molecule has 0 aliphatic carbocycles. The molecule has 1 aliphatic rings. The van der Waals surface area contributed by atoms with Gasteiger partial charge in [-0.2, -0.15) is 0 Å². The standard InChI is InChI=1S/C24H23N7O2S/c1-15-11-16(31-9-3-4-10-31)5-6-17(15)18-12-19(21-14-27-23(34-21)30-24(32)33-2)29-22(28-18)20-13-25-7-8-26-20/h5-8,11-14H,3-4,9-10H2,1-2H3,(H,27,30,32). The van der Waals surface area contributed by atoms with Gasteiger partial charge < -0.3 is 9.64 Å². The Kier molecular flexibility index (Phi) is 6.13. The summed E-state index contributed by atoms with van der Waals surface area (Å²) in [7, 11) is 1.31. The Morgan fingerprint density at radius 1 is 1.03 bits per heavy atom. The number of hydrogen-bond donors (Lipinski definition) is 1. The van der Waals surface area contributed by atoms with E-state index in [0.29, 0.717) is 22.3 Å². The molecule has 1 amide bonds. The van der Waals surface area contributed by atoms with Crippen LogP contribution < -0.4 is 10.2 Å². The van der Waals surface area contributed by atoms with Gasteiger partial charge in [0, 0.05) is 42.9 Å². The first-order chi connectivity index (χ1) is 16.6. The maximum Gasteiger partial charge on any atom is 0.413 e. The van der Waals surface area contributed by atoms with Gasteiger partial charge in [-0.25, -0.2) is 24.7 Å². The number of ether oxygens (including phenoxy) is 1. The molecule has 0 unspecified atom stereocenters. The predicted octanol–water partition coefficient (Wildman–Crippen LogP) is 4.81. The number of carbonyl (C=O) groups is 1. The Bertz CT molecular complexity index is 1320. The summed E-state index contributed by atoms with van der Waals surface area (Å²) in [5.41, 5.74) is 5.44. The normalized spacial score (nSPS) is 13.2. The summed E-state index contributed by atoms with van der Waals surface area (Å²) in [4.78, 5) is 37.1. The van der Waals surface area contributed by atoms with Gasteiger partial charge >= 0.3 is 6.09 Å². The molecule has 1 fully saturated rings. The van der Waals surface area contributed by atoms with E-state index in [4.69, 9.17) is 9.97 Å². The van der Waals surface area contributed by atoms with Crippen LogP contribution in [0.3, 0.4) is 0 Å². The van der Waals surface area contributed by atoms with Crippen LogP contribution in [0.1, 0.15) is 18.4 Å².